The first kappa shape index (κ1) is 38.2. The van der Waals surface area contributed by atoms with Crippen molar-refractivity contribution in [3.05, 3.63) is 120 Å². The molecule has 2 heterocycles. The fourth-order valence-corrected chi connectivity index (χ4v) is 8.45. The van der Waals surface area contributed by atoms with Crippen LogP contribution in [0.4, 0.5) is 0 Å². The van der Waals surface area contributed by atoms with Crippen molar-refractivity contribution < 1.29 is 51.1 Å². The number of phenolic OH excluding ortho intramolecular Hbond substituents is 10. The van der Waals surface area contributed by atoms with Crippen LogP contribution in [-0.4, -0.2) is 60.2 Å². The SMILES string of the molecule is C/C=c1\c(=C/CC)n(-c2ccccc2)c2ccc(-c3ccc4c(c3)c3ccccc3n4-c3cc(-c4c(O)c(O)c(O)c(O)c4O)cc(-c4c(O)c(O)c(O)c(O)c4O)c3)cc12. The summed E-state index contributed by atoms with van der Waals surface area (Å²) in [6.45, 7) is 4.16. The minimum atomic E-state index is -1.17. The molecule has 0 unspecified atom stereocenters. The van der Waals surface area contributed by atoms with E-state index in [9.17, 15) is 51.1 Å². The first-order valence-corrected chi connectivity index (χ1v) is 19.3. The van der Waals surface area contributed by atoms with Crippen molar-refractivity contribution in [2.45, 2.75) is 20.3 Å². The molecule has 304 valence electrons. The van der Waals surface area contributed by atoms with Gasteiger partial charge in [0.05, 0.1) is 27.7 Å². The van der Waals surface area contributed by atoms with E-state index in [4.69, 9.17) is 0 Å². The van der Waals surface area contributed by atoms with Crippen LogP contribution >= 0.6 is 0 Å². The molecule has 9 aromatic rings. The van der Waals surface area contributed by atoms with Crippen LogP contribution in [0.1, 0.15) is 20.3 Å². The molecule has 0 saturated heterocycles. The van der Waals surface area contributed by atoms with Gasteiger partial charge in [0.15, 0.2) is 23.0 Å². The number of benzene rings is 7. The first-order chi connectivity index (χ1) is 29.4. The molecule has 0 bridgehead atoms. The van der Waals surface area contributed by atoms with E-state index in [-0.39, 0.29) is 16.8 Å². The summed E-state index contributed by atoms with van der Waals surface area (Å²) in [6.07, 6.45) is 5.22. The lowest BCUT2D eigenvalue weighted by Crippen LogP contribution is -2.28. The number of para-hydroxylation sites is 2. The Morgan fingerprint density at radius 2 is 0.869 bits per heavy atom. The fourth-order valence-electron chi connectivity index (χ4n) is 8.45. The van der Waals surface area contributed by atoms with Gasteiger partial charge in [0.2, 0.25) is 34.5 Å². The van der Waals surface area contributed by atoms with Crippen molar-refractivity contribution in [2.75, 3.05) is 0 Å². The Balaban J connectivity index is 1.30. The number of nitrogens with zero attached hydrogens (tertiary/aromatic N) is 2. The third-order valence-electron chi connectivity index (χ3n) is 11.2. The first-order valence-electron chi connectivity index (χ1n) is 19.3. The van der Waals surface area contributed by atoms with Crippen LogP contribution in [0.3, 0.4) is 0 Å². The molecule has 0 aliphatic carbocycles. The number of aromatic nitrogens is 2. The quantitative estimate of drug-likeness (QED) is 0.0569. The number of hydrogen-bond acceptors (Lipinski definition) is 10. The van der Waals surface area contributed by atoms with Gasteiger partial charge >= 0.3 is 0 Å². The zero-order valence-electron chi connectivity index (χ0n) is 32.6. The van der Waals surface area contributed by atoms with E-state index in [0.29, 0.717) is 11.0 Å². The lowest BCUT2D eigenvalue weighted by Gasteiger charge is -2.18. The molecule has 12 nitrogen and oxygen atoms in total. The summed E-state index contributed by atoms with van der Waals surface area (Å²) in [6, 6.07) is 34.4. The maximum Gasteiger partial charge on any atom is 0.208 e. The molecule has 0 radical (unpaired) electrons. The maximum atomic E-state index is 11.0. The minimum Gasteiger partial charge on any atom is -0.504 e. The van der Waals surface area contributed by atoms with E-state index >= 15 is 0 Å². The molecule has 0 saturated carbocycles. The van der Waals surface area contributed by atoms with Gasteiger partial charge in [-0.1, -0.05) is 67.6 Å². The average molecular weight is 815 g/mol. The topological polar surface area (TPSA) is 212 Å². The zero-order chi connectivity index (χ0) is 43.0. The van der Waals surface area contributed by atoms with Crippen molar-refractivity contribution >= 4 is 44.9 Å². The summed E-state index contributed by atoms with van der Waals surface area (Å²) in [4.78, 5) is 0. The molecule has 12 heteroatoms. The number of aromatic hydroxyl groups is 10. The zero-order valence-corrected chi connectivity index (χ0v) is 32.6. The highest BCUT2D eigenvalue weighted by molar-refractivity contribution is 6.11. The molecule has 0 amide bonds. The molecule has 7 aromatic carbocycles. The molecule has 61 heavy (non-hydrogen) atoms. The number of rotatable bonds is 6. The lowest BCUT2D eigenvalue weighted by molar-refractivity contribution is 0.330. The molecular weight excluding hydrogens is 777 g/mol. The summed E-state index contributed by atoms with van der Waals surface area (Å²) >= 11 is 0. The Kier molecular flexibility index (Phi) is 8.86. The Bertz CT molecular complexity index is 3280. The van der Waals surface area contributed by atoms with Crippen molar-refractivity contribution in [1.82, 2.24) is 9.13 Å². The molecule has 0 atom stereocenters. The molecular formula is C49H38N2O10. The summed E-state index contributed by atoms with van der Waals surface area (Å²) in [5.41, 5.74) is 4.39. The third-order valence-corrected chi connectivity index (χ3v) is 11.2. The Morgan fingerprint density at radius 3 is 1.39 bits per heavy atom. The highest BCUT2D eigenvalue weighted by atomic mass is 16.4. The van der Waals surface area contributed by atoms with E-state index in [0.717, 1.165) is 55.5 Å². The van der Waals surface area contributed by atoms with Gasteiger partial charge in [-0.3, -0.25) is 0 Å². The van der Waals surface area contributed by atoms with E-state index in [2.05, 4.69) is 60.0 Å². The molecule has 0 aliphatic heterocycles. The van der Waals surface area contributed by atoms with Gasteiger partial charge in [0.1, 0.15) is 0 Å². The van der Waals surface area contributed by atoms with Crippen LogP contribution in [-0.2, 0) is 0 Å². The van der Waals surface area contributed by atoms with Gasteiger partial charge in [0.25, 0.3) is 0 Å². The highest BCUT2D eigenvalue weighted by Gasteiger charge is 2.29. The highest BCUT2D eigenvalue weighted by Crippen LogP contribution is 2.58. The molecule has 2 aromatic heterocycles. The van der Waals surface area contributed by atoms with E-state index in [1.165, 1.54) is 18.2 Å². The third kappa shape index (κ3) is 5.68. The lowest BCUT2D eigenvalue weighted by atomic mass is 9.94. The molecule has 10 N–H and O–H groups in total. The summed E-state index contributed by atoms with van der Waals surface area (Å²) in [5.74, 6) is -10.9. The smallest absolute Gasteiger partial charge is 0.208 e. The Hall–Kier alpha value is -8.38. The van der Waals surface area contributed by atoms with Crippen molar-refractivity contribution in [1.29, 1.82) is 0 Å². The van der Waals surface area contributed by atoms with Crippen LogP contribution in [0.25, 0.3) is 89.6 Å². The number of phenols is 10. The maximum absolute atomic E-state index is 11.0. The van der Waals surface area contributed by atoms with Gasteiger partial charge in [0, 0.05) is 38.1 Å². The molecule has 0 spiro atoms. The second-order valence-electron chi connectivity index (χ2n) is 14.7. The fraction of sp³-hybridized carbons (Fsp3) is 0.0612. The normalized spacial score (nSPS) is 12.4. The summed E-state index contributed by atoms with van der Waals surface area (Å²) in [5, 5.41) is 111. The Morgan fingerprint density at radius 1 is 0.410 bits per heavy atom. The van der Waals surface area contributed by atoms with Gasteiger partial charge in [-0.25, -0.2) is 0 Å². The average Bonchev–Trinajstić information content (AvgIpc) is 3.78. The van der Waals surface area contributed by atoms with Gasteiger partial charge in [-0.15, -0.1) is 0 Å². The van der Waals surface area contributed by atoms with Gasteiger partial charge in [-0.05, 0) is 96.3 Å². The van der Waals surface area contributed by atoms with Crippen LogP contribution in [0.15, 0.2) is 109 Å². The number of fused-ring (bicyclic) bond motifs is 4. The van der Waals surface area contributed by atoms with Crippen molar-refractivity contribution in [3.63, 3.8) is 0 Å². The second-order valence-corrected chi connectivity index (χ2v) is 14.7. The van der Waals surface area contributed by atoms with Crippen LogP contribution in [0.5, 0.6) is 57.5 Å². The van der Waals surface area contributed by atoms with Crippen LogP contribution in [0, 0.1) is 0 Å². The van der Waals surface area contributed by atoms with Gasteiger partial charge < -0.3 is 60.2 Å². The standard InChI is InChI=1S/C49H38N2O10/c1-3-10-34-30(4-2)32-22-24(15-17-36(32)50(34)28-11-6-5-7-12-28)25-16-18-37-33(23-25)31-13-8-9-14-35(31)51(37)29-20-26(38-40(52)44(56)48(60)45(57)41(38)53)19-27(21-29)39-42(54)46(58)49(61)47(59)43(39)55/h4-23,52-61H,3H2,1-2H3/b30-4-,34-10+. The number of hydrogen-bond donors (Lipinski definition) is 10. The van der Waals surface area contributed by atoms with E-state index in [1.54, 1.807) is 0 Å². The second kappa shape index (κ2) is 14.2. The monoisotopic (exact) mass is 814 g/mol. The predicted octanol–water partition coefficient (Wildman–Crippen LogP) is 8.78. The molecule has 0 fully saturated rings. The van der Waals surface area contributed by atoms with Crippen molar-refractivity contribution in [2.24, 2.45) is 0 Å². The Labute approximate surface area is 346 Å². The largest absolute Gasteiger partial charge is 0.504 e. The van der Waals surface area contributed by atoms with E-state index in [1.807, 2.05) is 66.1 Å². The summed E-state index contributed by atoms with van der Waals surface area (Å²) in [7, 11) is 0. The van der Waals surface area contributed by atoms with E-state index < -0.39 is 68.6 Å². The summed E-state index contributed by atoms with van der Waals surface area (Å²) < 4.78 is 4.11. The minimum absolute atomic E-state index is 0.111. The molecule has 0 aliphatic rings. The van der Waals surface area contributed by atoms with Crippen LogP contribution < -0.4 is 10.6 Å². The van der Waals surface area contributed by atoms with Gasteiger partial charge in [-0.2, -0.15) is 0 Å². The van der Waals surface area contributed by atoms with Crippen molar-refractivity contribution in [3.8, 4) is 102 Å². The van der Waals surface area contributed by atoms with Crippen LogP contribution in [0.2, 0.25) is 0 Å². The molecule has 9 rings (SSSR count). The predicted molar refractivity (Wildman–Crippen MR) is 235 cm³/mol.